The van der Waals surface area contributed by atoms with Crippen LogP contribution >= 0.6 is 0 Å². The molecule has 0 spiro atoms. The molecule has 1 aromatic heterocycles. The summed E-state index contributed by atoms with van der Waals surface area (Å²) >= 11 is 0. The molecule has 0 aliphatic carbocycles. The van der Waals surface area contributed by atoms with Gasteiger partial charge < -0.3 is 24.4 Å². The summed E-state index contributed by atoms with van der Waals surface area (Å²) in [6.07, 6.45) is -1.13. The van der Waals surface area contributed by atoms with E-state index in [2.05, 4.69) is 10.5 Å². The molecule has 9 nitrogen and oxygen atoms in total. The average molecular weight is 382 g/mol. The Morgan fingerprint density at radius 2 is 2.08 bits per heavy atom. The SMILES string of the molecule is COc1ccccc1OCc1cc(C(=O)N[C@@H]2CS(=O)(=O)C[C@H]2O)no1. The number of hydrogen-bond donors (Lipinski definition) is 2. The normalized spacial score (nSPS) is 21.3. The van der Waals surface area contributed by atoms with E-state index < -0.39 is 27.9 Å². The van der Waals surface area contributed by atoms with E-state index in [0.29, 0.717) is 17.3 Å². The molecule has 1 saturated heterocycles. The van der Waals surface area contributed by atoms with E-state index in [1.807, 2.05) is 0 Å². The molecule has 140 valence electrons. The maximum Gasteiger partial charge on any atom is 0.273 e. The van der Waals surface area contributed by atoms with Crippen LogP contribution in [0.25, 0.3) is 0 Å². The lowest BCUT2D eigenvalue weighted by molar-refractivity contribution is 0.0879. The highest BCUT2D eigenvalue weighted by molar-refractivity contribution is 7.91. The van der Waals surface area contributed by atoms with E-state index in [-0.39, 0.29) is 23.8 Å². The zero-order valence-electron chi connectivity index (χ0n) is 13.9. The van der Waals surface area contributed by atoms with Crippen LogP contribution in [0.2, 0.25) is 0 Å². The van der Waals surface area contributed by atoms with Gasteiger partial charge in [0.05, 0.1) is 30.8 Å². The number of nitrogens with zero attached hydrogens (tertiary/aromatic N) is 1. The molecular formula is C16H18N2O7S. The number of aromatic nitrogens is 1. The third-order valence-electron chi connectivity index (χ3n) is 3.87. The fourth-order valence-corrected chi connectivity index (χ4v) is 4.33. The summed E-state index contributed by atoms with van der Waals surface area (Å²) < 4.78 is 38.7. The van der Waals surface area contributed by atoms with Gasteiger partial charge in [0.25, 0.3) is 5.91 Å². The molecule has 0 saturated carbocycles. The van der Waals surface area contributed by atoms with Crippen molar-refractivity contribution in [1.82, 2.24) is 10.5 Å². The number of carbonyl (C=O) groups is 1. The van der Waals surface area contributed by atoms with Crippen molar-refractivity contribution in [2.24, 2.45) is 0 Å². The van der Waals surface area contributed by atoms with Crippen LogP contribution in [0.15, 0.2) is 34.9 Å². The van der Waals surface area contributed by atoms with E-state index in [1.54, 1.807) is 24.3 Å². The summed E-state index contributed by atoms with van der Waals surface area (Å²) in [7, 11) is -1.83. The number of nitrogens with one attached hydrogen (secondary N) is 1. The predicted molar refractivity (Wildman–Crippen MR) is 89.7 cm³/mol. The standard InChI is InChI=1S/C16H18N2O7S/c1-23-14-4-2-3-5-15(14)24-7-10-6-11(18-25-10)16(20)17-12-8-26(21,22)9-13(12)19/h2-6,12-13,19H,7-9H2,1H3,(H,17,20)/t12-,13-/m1/s1. The molecule has 3 rings (SSSR count). The Morgan fingerprint density at radius 3 is 2.73 bits per heavy atom. The van der Waals surface area contributed by atoms with Gasteiger partial charge in [-0.3, -0.25) is 4.79 Å². The molecule has 2 aromatic rings. The predicted octanol–water partition coefficient (Wildman–Crippen LogP) is 0.150. The Bertz CT molecular complexity index is 894. The molecule has 0 bridgehead atoms. The van der Waals surface area contributed by atoms with Gasteiger partial charge in [0.15, 0.2) is 32.8 Å². The number of rotatable bonds is 6. The Kier molecular flexibility index (Phi) is 5.14. The van der Waals surface area contributed by atoms with Crippen LogP contribution in [0.5, 0.6) is 11.5 Å². The molecule has 2 N–H and O–H groups in total. The molecule has 1 aliphatic heterocycles. The van der Waals surface area contributed by atoms with Crippen LogP contribution < -0.4 is 14.8 Å². The van der Waals surface area contributed by atoms with Crippen molar-refractivity contribution >= 4 is 15.7 Å². The minimum Gasteiger partial charge on any atom is -0.493 e. The number of hydrogen-bond acceptors (Lipinski definition) is 8. The van der Waals surface area contributed by atoms with Gasteiger partial charge in [-0.1, -0.05) is 17.3 Å². The lowest BCUT2D eigenvalue weighted by atomic mass is 10.2. The molecule has 2 heterocycles. The first kappa shape index (κ1) is 18.2. The van der Waals surface area contributed by atoms with Crippen molar-refractivity contribution in [1.29, 1.82) is 0 Å². The fraction of sp³-hybridized carbons (Fsp3) is 0.375. The minimum atomic E-state index is -3.35. The van der Waals surface area contributed by atoms with Crippen molar-refractivity contribution in [3.63, 3.8) is 0 Å². The first-order valence-electron chi connectivity index (χ1n) is 7.79. The lowest BCUT2D eigenvalue weighted by Crippen LogP contribution is -2.42. The number of aliphatic hydroxyl groups is 1. The quantitative estimate of drug-likeness (QED) is 0.723. The number of para-hydroxylation sites is 2. The van der Waals surface area contributed by atoms with Crippen molar-refractivity contribution in [2.45, 2.75) is 18.8 Å². The highest BCUT2D eigenvalue weighted by Crippen LogP contribution is 2.26. The number of amides is 1. The molecule has 1 amide bonds. The number of benzene rings is 1. The number of sulfone groups is 1. The topological polar surface area (TPSA) is 128 Å². The summed E-state index contributed by atoms with van der Waals surface area (Å²) in [6.45, 7) is 0.0289. The van der Waals surface area contributed by atoms with Crippen LogP contribution in [-0.2, 0) is 16.4 Å². The van der Waals surface area contributed by atoms with Crippen LogP contribution in [0, 0.1) is 0 Å². The van der Waals surface area contributed by atoms with Crippen molar-refractivity contribution < 1.29 is 32.3 Å². The summed E-state index contributed by atoms with van der Waals surface area (Å²) in [5.74, 6) is 0.0770. The van der Waals surface area contributed by atoms with Crippen molar-refractivity contribution in [2.75, 3.05) is 18.6 Å². The largest absolute Gasteiger partial charge is 0.493 e. The Hall–Kier alpha value is -2.59. The molecule has 0 radical (unpaired) electrons. The van der Waals surface area contributed by atoms with Gasteiger partial charge in [-0.05, 0) is 12.1 Å². The molecule has 26 heavy (non-hydrogen) atoms. The van der Waals surface area contributed by atoms with Gasteiger partial charge in [0, 0.05) is 6.07 Å². The van der Waals surface area contributed by atoms with E-state index in [0.717, 1.165) is 0 Å². The monoisotopic (exact) mass is 382 g/mol. The Morgan fingerprint density at radius 1 is 1.35 bits per heavy atom. The second-order valence-electron chi connectivity index (χ2n) is 5.84. The van der Waals surface area contributed by atoms with Crippen molar-refractivity contribution in [3.05, 3.63) is 41.8 Å². The zero-order valence-corrected chi connectivity index (χ0v) is 14.7. The van der Waals surface area contributed by atoms with Crippen LogP contribution in [0.3, 0.4) is 0 Å². The van der Waals surface area contributed by atoms with Gasteiger partial charge >= 0.3 is 0 Å². The smallest absolute Gasteiger partial charge is 0.273 e. The van der Waals surface area contributed by atoms with E-state index >= 15 is 0 Å². The average Bonchev–Trinajstić information content (AvgIpc) is 3.17. The summed E-state index contributed by atoms with van der Waals surface area (Å²) in [5.41, 5.74) is -0.0277. The molecule has 10 heteroatoms. The van der Waals surface area contributed by atoms with Gasteiger partial charge in [-0.15, -0.1) is 0 Å². The lowest BCUT2D eigenvalue weighted by Gasteiger charge is -2.13. The zero-order chi connectivity index (χ0) is 18.7. The van der Waals surface area contributed by atoms with Crippen LogP contribution in [0.4, 0.5) is 0 Å². The Labute approximate surface area is 149 Å². The van der Waals surface area contributed by atoms with Crippen molar-refractivity contribution in [3.8, 4) is 11.5 Å². The van der Waals surface area contributed by atoms with Gasteiger partial charge in [-0.2, -0.15) is 0 Å². The third kappa shape index (κ3) is 4.14. The number of carbonyl (C=O) groups excluding carboxylic acids is 1. The minimum absolute atomic E-state index is 0.0277. The summed E-state index contributed by atoms with van der Waals surface area (Å²) in [6, 6.07) is 7.59. The number of ether oxygens (including phenoxy) is 2. The van der Waals surface area contributed by atoms with E-state index in [4.69, 9.17) is 14.0 Å². The molecule has 1 aliphatic rings. The molecule has 2 atom stereocenters. The van der Waals surface area contributed by atoms with Gasteiger partial charge in [0.2, 0.25) is 0 Å². The Balaban J connectivity index is 1.60. The molecule has 0 unspecified atom stereocenters. The third-order valence-corrected chi connectivity index (χ3v) is 5.59. The maximum absolute atomic E-state index is 12.1. The highest BCUT2D eigenvalue weighted by atomic mass is 32.2. The molecular weight excluding hydrogens is 364 g/mol. The number of methoxy groups -OCH3 is 1. The van der Waals surface area contributed by atoms with Crippen LogP contribution in [-0.4, -0.2) is 55.3 Å². The molecule has 1 fully saturated rings. The highest BCUT2D eigenvalue weighted by Gasteiger charge is 2.37. The summed E-state index contributed by atoms with van der Waals surface area (Å²) in [5, 5.41) is 15.8. The second-order valence-corrected chi connectivity index (χ2v) is 8.00. The summed E-state index contributed by atoms with van der Waals surface area (Å²) in [4.78, 5) is 12.1. The first-order chi connectivity index (χ1) is 12.4. The second kappa shape index (κ2) is 7.34. The maximum atomic E-state index is 12.1. The first-order valence-corrected chi connectivity index (χ1v) is 9.61. The number of aliphatic hydroxyl groups excluding tert-OH is 1. The van der Waals surface area contributed by atoms with E-state index in [1.165, 1.54) is 13.2 Å². The van der Waals surface area contributed by atoms with E-state index in [9.17, 15) is 18.3 Å². The van der Waals surface area contributed by atoms with Gasteiger partial charge in [-0.25, -0.2) is 8.42 Å². The van der Waals surface area contributed by atoms with Crippen LogP contribution in [0.1, 0.15) is 16.2 Å². The fourth-order valence-electron chi connectivity index (χ4n) is 2.58. The molecule has 1 aromatic carbocycles. The van der Waals surface area contributed by atoms with Gasteiger partial charge in [0.1, 0.15) is 6.61 Å².